The minimum Gasteiger partial charge on any atom is -0.297 e. The smallest absolute Gasteiger partial charge is 0.250 e. The van der Waals surface area contributed by atoms with Crippen LogP contribution in [0.5, 0.6) is 0 Å². The molecule has 0 N–H and O–H groups in total. The average Bonchev–Trinajstić information content (AvgIpc) is 2.80. The van der Waals surface area contributed by atoms with Gasteiger partial charge in [-0.25, -0.2) is 13.8 Å². The minimum absolute atomic E-state index is 0.112. The van der Waals surface area contributed by atoms with Crippen molar-refractivity contribution >= 4 is 11.8 Å². The molecule has 0 unspecified atom stereocenters. The Labute approximate surface area is 115 Å². The largest absolute Gasteiger partial charge is 0.297 e. The molecule has 2 aromatic rings. The van der Waals surface area contributed by atoms with Crippen LogP contribution >= 0.6 is 0 Å². The number of piperidine rings is 1. The fourth-order valence-corrected chi connectivity index (χ4v) is 2.58. The lowest BCUT2D eigenvalue weighted by molar-refractivity contribution is -0.0567. The Hall–Kier alpha value is -1.82. The molecule has 1 aliphatic rings. The van der Waals surface area contributed by atoms with E-state index in [1.807, 2.05) is 23.1 Å². The lowest BCUT2D eigenvalue weighted by Gasteiger charge is -2.31. The molecule has 1 saturated heterocycles. The van der Waals surface area contributed by atoms with Crippen molar-refractivity contribution in [2.45, 2.75) is 25.3 Å². The molecule has 3 heterocycles. The lowest BCUT2D eigenvalue weighted by Crippen LogP contribution is -2.38. The molecule has 6 heteroatoms. The second-order valence-electron chi connectivity index (χ2n) is 5.12. The van der Waals surface area contributed by atoms with E-state index in [1.165, 1.54) is 0 Å². The van der Waals surface area contributed by atoms with Gasteiger partial charge in [-0.05, 0) is 12.1 Å². The number of alkyl halides is 2. The SMILES string of the molecule is O=Cc1nc(CN2CCC(F)(F)CC2)c2ccccn12. The van der Waals surface area contributed by atoms with Crippen LogP contribution < -0.4 is 0 Å². The minimum atomic E-state index is -2.54. The number of hydrogen-bond acceptors (Lipinski definition) is 3. The van der Waals surface area contributed by atoms with Crippen LogP contribution in [0.4, 0.5) is 8.78 Å². The van der Waals surface area contributed by atoms with Gasteiger partial charge in [0.1, 0.15) is 0 Å². The number of carbonyl (C=O) groups excluding carboxylic acids is 1. The lowest BCUT2D eigenvalue weighted by atomic mass is 10.1. The maximum absolute atomic E-state index is 13.1. The summed E-state index contributed by atoms with van der Waals surface area (Å²) in [4.78, 5) is 17.3. The van der Waals surface area contributed by atoms with E-state index in [9.17, 15) is 13.6 Å². The highest BCUT2D eigenvalue weighted by Crippen LogP contribution is 2.28. The summed E-state index contributed by atoms with van der Waals surface area (Å²) in [5, 5.41) is 0. The van der Waals surface area contributed by atoms with Crippen LogP contribution in [-0.2, 0) is 6.54 Å². The van der Waals surface area contributed by atoms with Gasteiger partial charge < -0.3 is 0 Å². The molecule has 1 fully saturated rings. The number of carbonyl (C=O) groups is 1. The molecule has 0 amide bonds. The van der Waals surface area contributed by atoms with E-state index in [4.69, 9.17) is 0 Å². The van der Waals surface area contributed by atoms with E-state index < -0.39 is 5.92 Å². The highest BCUT2D eigenvalue weighted by atomic mass is 19.3. The van der Waals surface area contributed by atoms with Crippen LogP contribution in [0.3, 0.4) is 0 Å². The summed E-state index contributed by atoms with van der Waals surface area (Å²) in [6.07, 6.45) is 2.26. The monoisotopic (exact) mass is 279 g/mol. The Morgan fingerprint density at radius 1 is 1.30 bits per heavy atom. The van der Waals surface area contributed by atoms with Crippen LogP contribution in [0, 0.1) is 0 Å². The van der Waals surface area contributed by atoms with E-state index >= 15 is 0 Å². The predicted molar refractivity (Wildman–Crippen MR) is 70.0 cm³/mol. The zero-order chi connectivity index (χ0) is 14.2. The van der Waals surface area contributed by atoms with Gasteiger partial charge in [-0.2, -0.15) is 0 Å². The highest BCUT2D eigenvalue weighted by Gasteiger charge is 2.34. The van der Waals surface area contributed by atoms with E-state index in [-0.39, 0.29) is 12.8 Å². The molecule has 4 nitrogen and oxygen atoms in total. The topological polar surface area (TPSA) is 37.6 Å². The van der Waals surface area contributed by atoms with Gasteiger partial charge >= 0.3 is 0 Å². The number of imidazole rings is 1. The number of aromatic nitrogens is 2. The Bertz CT molecular complexity index is 628. The van der Waals surface area contributed by atoms with Crippen molar-refractivity contribution in [1.29, 1.82) is 0 Å². The van der Waals surface area contributed by atoms with Gasteiger partial charge in [0, 0.05) is 38.7 Å². The Kier molecular flexibility index (Phi) is 3.25. The molecule has 0 aromatic carbocycles. The summed E-state index contributed by atoms with van der Waals surface area (Å²) < 4.78 is 28.0. The molecule has 0 spiro atoms. The first-order chi connectivity index (χ1) is 9.59. The maximum atomic E-state index is 13.1. The molecule has 0 atom stereocenters. The fourth-order valence-electron chi connectivity index (χ4n) is 2.58. The van der Waals surface area contributed by atoms with Crippen LogP contribution in [0.25, 0.3) is 5.52 Å². The number of likely N-dealkylation sites (tertiary alicyclic amines) is 1. The molecular weight excluding hydrogens is 264 g/mol. The van der Waals surface area contributed by atoms with Gasteiger partial charge in [0.15, 0.2) is 12.1 Å². The van der Waals surface area contributed by atoms with Gasteiger partial charge in [-0.1, -0.05) is 6.07 Å². The summed E-state index contributed by atoms with van der Waals surface area (Å²) in [5.74, 6) is -2.20. The summed E-state index contributed by atoms with van der Waals surface area (Å²) in [7, 11) is 0. The van der Waals surface area contributed by atoms with Crippen molar-refractivity contribution in [2.75, 3.05) is 13.1 Å². The van der Waals surface area contributed by atoms with E-state index in [0.29, 0.717) is 31.7 Å². The third-order valence-electron chi connectivity index (χ3n) is 3.72. The predicted octanol–water partition coefficient (Wildman–Crippen LogP) is 2.38. The fraction of sp³-hybridized carbons (Fsp3) is 0.429. The summed E-state index contributed by atoms with van der Waals surface area (Å²) in [6.45, 7) is 1.21. The molecule has 106 valence electrons. The van der Waals surface area contributed by atoms with Crippen molar-refractivity contribution in [3.63, 3.8) is 0 Å². The van der Waals surface area contributed by atoms with Crippen molar-refractivity contribution in [3.8, 4) is 0 Å². The van der Waals surface area contributed by atoms with E-state index in [1.54, 1.807) is 10.6 Å². The standard InChI is InChI=1S/C14H15F2N3O/c15-14(16)4-7-18(8-5-14)9-11-12-3-1-2-6-19(12)13(10-20)17-11/h1-3,6,10H,4-5,7-9H2. The molecule has 0 aliphatic carbocycles. The molecular formula is C14H15F2N3O. The molecule has 3 rings (SSSR count). The van der Waals surface area contributed by atoms with Gasteiger partial charge in [0.25, 0.3) is 5.92 Å². The Morgan fingerprint density at radius 3 is 2.75 bits per heavy atom. The van der Waals surface area contributed by atoms with E-state index in [0.717, 1.165) is 11.2 Å². The first-order valence-electron chi connectivity index (χ1n) is 6.60. The zero-order valence-corrected chi connectivity index (χ0v) is 10.9. The second kappa shape index (κ2) is 4.94. The summed E-state index contributed by atoms with van der Waals surface area (Å²) in [5.41, 5.74) is 1.62. The Morgan fingerprint density at radius 2 is 2.05 bits per heavy atom. The molecule has 2 aromatic heterocycles. The second-order valence-corrected chi connectivity index (χ2v) is 5.12. The molecule has 0 bridgehead atoms. The quantitative estimate of drug-likeness (QED) is 0.810. The number of halogens is 2. The maximum Gasteiger partial charge on any atom is 0.250 e. The van der Waals surface area contributed by atoms with Crippen LogP contribution in [0.15, 0.2) is 24.4 Å². The zero-order valence-electron chi connectivity index (χ0n) is 10.9. The van der Waals surface area contributed by atoms with Gasteiger partial charge in [-0.15, -0.1) is 0 Å². The first-order valence-corrected chi connectivity index (χ1v) is 6.60. The number of fused-ring (bicyclic) bond motifs is 1. The summed E-state index contributed by atoms with van der Waals surface area (Å²) >= 11 is 0. The van der Waals surface area contributed by atoms with Gasteiger partial charge in [0.05, 0.1) is 11.2 Å². The van der Waals surface area contributed by atoms with Gasteiger partial charge in [0.2, 0.25) is 0 Å². The number of aldehydes is 1. The average molecular weight is 279 g/mol. The first kappa shape index (κ1) is 13.2. The van der Waals surface area contributed by atoms with Crippen molar-refractivity contribution < 1.29 is 13.6 Å². The molecule has 1 aliphatic heterocycles. The normalized spacial score (nSPS) is 19.3. The van der Waals surface area contributed by atoms with Crippen molar-refractivity contribution in [3.05, 3.63) is 35.9 Å². The number of hydrogen-bond donors (Lipinski definition) is 0. The molecule has 20 heavy (non-hydrogen) atoms. The van der Waals surface area contributed by atoms with Crippen molar-refractivity contribution in [2.24, 2.45) is 0 Å². The molecule has 0 saturated carbocycles. The van der Waals surface area contributed by atoms with Crippen LogP contribution in [0.1, 0.15) is 29.2 Å². The van der Waals surface area contributed by atoms with E-state index in [2.05, 4.69) is 4.98 Å². The third-order valence-corrected chi connectivity index (χ3v) is 3.72. The number of nitrogens with zero attached hydrogens (tertiary/aromatic N) is 3. The van der Waals surface area contributed by atoms with Crippen molar-refractivity contribution in [1.82, 2.24) is 14.3 Å². The van der Waals surface area contributed by atoms with Gasteiger partial charge in [-0.3, -0.25) is 14.1 Å². The number of pyridine rings is 1. The Balaban J connectivity index is 1.83. The van der Waals surface area contributed by atoms with Crippen LogP contribution in [-0.4, -0.2) is 39.6 Å². The number of rotatable bonds is 3. The third kappa shape index (κ3) is 2.43. The van der Waals surface area contributed by atoms with Crippen LogP contribution in [0.2, 0.25) is 0 Å². The summed E-state index contributed by atoms with van der Waals surface area (Å²) in [6, 6.07) is 5.58. The molecule has 0 radical (unpaired) electrons. The highest BCUT2D eigenvalue weighted by molar-refractivity contribution is 5.73.